The molecule has 0 bridgehead atoms. The zero-order chi connectivity index (χ0) is 16.7. The summed E-state index contributed by atoms with van der Waals surface area (Å²) in [6, 6.07) is 12.9. The van der Waals surface area contributed by atoms with Gasteiger partial charge in [0.1, 0.15) is 5.75 Å². The number of aromatic nitrogens is 1. The van der Waals surface area contributed by atoms with E-state index in [2.05, 4.69) is 10.3 Å². The molecule has 0 atom stereocenters. The van der Waals surface area contributed by atoms with Gasteiger partial charge in [0.2, 0.25) is 11.8 Å². The number of rotatable bonds is 7. The largest absolute Gasteiger partial charge is 0.439 e. The van der Waals surface area contributed by atoms with Gasteiger partial charge in [-0.05, 0) is 31.0 Å². The van der Waals surface area contributed by atoms with Crippen molar-refractivity contribution in [2.24, 2.45) is 11.1 Å². The quantitative estimate of drug-likeness (QED) is 0.739. The number of benzene rings is 1. The van der Waals surface area contributed by atoms with Crippen molar-refractivity contribution >= 4 is 36.4 Å². The molecule has 0 aliphatic rings. The highest BCUT2D eigenvalue weighted by atomic mass is 35.5. The van der Waals surface area contributed by atoms with Crippen LogP contribution in [0.5, 0.6) is 11.6 Å². The van der Waals surface area contributed by atoms with Crippen LogP contribution in [0, 0.1) is 5.41 Å². The molecule has 0 aliphatic heterocycles. The van der Waals surface area contributed by atoms with E-state index < -0.39 is 5.41 Å². The van der Waals surface area contributed by atoms with Crippen molar-refractivity contribution in [3.8, 4) is 11.6 Å². The van der Waals surface area contributed by atoms with Crippen LogP contribution < -0.4 is 15.8 Å². The number of hydrogen-bond acceptors (Lipinski definition) is 4. The third-order valence-electron chi connectivity index (χ3n) is 4.19. The van der Waals surface area contributed by atoms with Gasteiger partial charge in [-0.25, -0.2) is 4.98 Å². The fourth-order valence-corrected chi connectivity index (χ4v) is 2.34. The summed E-state index contributed by atoms with van der Waals surface area (Å²) in [5, 5.41) is 2.89. The molecule has 1 amide bonds. The number of para-hydroxylation sites is 1. The standard InChI is InChI=1S/C18H23N3O2.2ClH/c1-3-18(4-2,13-19)17(22)21-14-10-11-16(20-12-14)23-15-8-6-5-7-9-15;;/h5-12H,3-4,13,19H2,1-2H3,(H,21,22);2*1H. The molecular formula is C18H25Cl2N3O2. The van der Waals surface area contributed by atoms with E-state index in [-0.39, 0.29) is 30.7 Å². The van der Waals surface area contributed by atoms with Crippen molar-refractivity contribution < 1.29 is 9.53 Å². The van der Waals surface area contributed by atoms with E-state index in [4.69, 9.17) is 10.5 Å². The third-order valence-corrected chi connectivity index (χ3v) is 4.19. The Bertz CT molecular complexity index is 624. The van der Waals surface area contributed by atoms with Gasteiger partial charge in [0.05, 0.1) is 17.3 Å². The van der Waals surface area contributed by atoms with E-state index in [1.165, 1.54) is 0 Å². The van der Waals surface area contributed by atoms with Crippen molar-refractivity contribution in [2.75, 3.05) is 11.9 Å². The molecule has 7 heteroatoms. The highest BCUT2D eigenvalue weighted by Crippen LogP contribution is 2.27. The fraction of sp³-hybridized carbons (Fsp3) is 0.333. The second-order valence-corrected chi connectivity index (χ2v) is 5.45. The summed E-state index contributed by atoms with van der Waals surface area (Å²) in [6.45, 7) is 4.28. The molecule has 5 nitrogen and oxygen atoms in total. The molecule has 1 aromatic heterocycles. The Morgan fingerprint density at radius 1 is 1.12 bits per heavy atom. The normalized spacial score (nSPS) is 10.2. The molecule has 2 rings (SSSR count). The molecule has 0 unspecified atom stereocenters. The average Bonchev–Trinajstić information content (AvgIpc) is 2.60. The minimum atomic E-state index is -0.529. The Labute approximate surface area is 161 Å². The van der Waals surface area contributed by atoms with Crippen molar-refractivity contribution in [2.45, 2.75) is 26.7 Å². The lowest BCUT2D eigenvalue weighted by molar-refractivity contribution is -0.125. The van der Waals surface area contributed by atoms with Gasteiger partial charge < -0.3 is 15.8 Å². The van der Waals surface area contributed by atoms with Crippen LogP contribution in [0.3, 0.4) is 0 Å². The molecule has 0 fully saturated rings. The van der Waals surface area contributed by atoms with E-state index in [0.29, 0.717) is 31.0 Å². The first-order valence-corrected chi connectivity index (χ1v) is 7.84. The first-order valence-electron chi connectivity index (χ1n) is 7.84. The Morgan fingerprint density at radius 3 is 2.24 bits per heavy atom. The maximum absolute atomic E-state index is 12.5. The van der Waals surface area contributed by atoms with Crippen LogP contribution in [0.25, 0.3) is 0 Å². The number of hydrogen-bond donors (Lipinski definition) is 2. The number of halogens is 2. The second kappa shape index (κ2) is 10.9. The van der Waals surface area contributed by atoms with Crippen LogP contribution in [0.2, 0.25) is 0 Å². The average molecular weight is 386 g/mol. The molecule has 1 heterocycles. The molecule has 3 N–H and O–H groups in total. The summed E-state index contributed by atoms with van der Waals surface area (Å²) in [7, 11) is 0. The summed E-state index contributed by atoms with van der Waals surface area (Å²) < 4.78 is 5.63. The van der Waals surface area contributed by atoms with Crippen molar-refractivity contribution in [1.29, 1.82) is 0 Å². The monoisotopic (exact) mass is 385 g/mol. The van der Waals surface area contributed by atoms with Gasteiger partial charge in [-0.2, -0.15) is 0 Å². The molecule has 0 radical (unpaired) electrons. The predicted molar refractivity (Wildman–Crippen MR) is 106 cm³/mol. The maximum atomic E-state index is 12.5. The number of amides is 1. The summed E-state index contributed by atoms with van der Waals surface area (Å²) in [5.41, 5.74) is 5.90. The minimum absolute atomic E-state index is 0. The highest BCUT2D eigenvalue weighted by molar-refractivity contribution is 5.95. The van der Waals surface area contributed by atoms with E-state index in [1.807, 2.05) is 44.2 Å². The predicted octanol–water partition coefficient (Wildman–Crippen LogP) is 4.42. The zero-order valence-electron chi connectivity index (χ0n) is 14.4. The van der Waals surface area contributed by atoms with Crippen LogP contribution in [0.15, 0.2) is 48.7 Å². The van der Waals surface area contributed by atoms with Crippen LogP contribution in [-0.2, 0) is 4.79 Å². The number of ether oxygens (including phenoxy) is 1. The van der Waals surface area contributed by atoms with Gasteiger partial charge in [-0.1, -0.05) is 32.0 Å². The molecular weight excluding hydrogens is 361 g/mol. The zero-order valence-corrected chi connectivity index (χ0v) is 16.0. The van der Waals surface area contributed by atoms with Gasteiger partial charge >= 0.3 is 0 Å². The van der Waals surface area contributed by atoms with Crippen molar-refractivity contribution in [3.63, 3.8) is 0 Å². The van der Waals surface area contributed by atoms with Gasteiger partial charge in [0.25, 0.3) is 0 Å². The maximum Gasteiger partial charge on any atom is 0.231 e. The summed E-state index contributed by atoms with van der Waals surface area (Å²) >= 11 is 0. The summed E-state index contributed by atoms with van der Waals surface area (Å²) in [6.07, 6.45) is 2.99. The molecule has 0 aliphatic carbocycles. The SMILES string of the molecule is CCC(CC)(CN)C(=O)Nc1ccc(Oc2ccccc2)nc1.Cl.Cl. The number of nitrogens with two attached hydrogens (primary N) is 1. The Kier molecular flexibility index (Phi) is 10.1. The Hall–Kier alpha value is -1.82. The first-order chi connectivity index (χ1) is 11.1. The molecule has 0 spiro atoms. The van der Waals surface area contributed by atoms with Crippen molar-refractivity contribution in [1.82, 2.24) is 4.98 Å². The van der Waals surface area contributed by atoms with E-state index in [9.17, 15) is 4.79 Å². The number of nitrogens with one attached hydrogen (secondary N) is 1. The third kappa shape index (κ3) is 5.88. The second-order valence-electron chi connectivity index (χ2n) is 5.45. The molecule has 138 valence electrons. The fourth-order valence-electron chi connectivity index (χ4n) is 2.34. The lowest BCUT2D eigenvalue weighted by atomic mass is 9.81. The lowest BCUT2D eigenvalue weighted by Crippen LogP contribution is -2.41. The highest BCUT2D eigenvalue weighted by Gasteiger charge is 2.33. The number of carbonyl (C=O) groups excluding carboxylic acids is 1. The van der Waals surface area contributed by atoms with E-state index in [0.717, 1.165) is 5.75 Å². The van der Waals surface area contributed by atoms with Gasteiger partial charge in [-0.15, -0.1) is 24.8 Å². The van der Waals surface area contributed by atoms with Crippen LogP contribution >= 0.6 is 24.8 Å². The Balaban J connectivity index is 0.00000288. The molecule has 1 aromatic carbocycles. The number of carbonyl (C=O) groups is 1. The summed E-state index contributed by atoms with van der Waals surface area (Å²) in [4.78, 5) is 16.7. The molecule has 0 saturated carbocycles. The van der Waals surface area contributed by atoms with Crippen molar-refractivity contribution in [3.05, 3.63) is 48.7 Å². The smallest absolute Gasteiger partial charge is 0.231 e. The van der Waals surface area contributed by atoms with Crippen LogP contribution in [0.1, 0.15) is 26.7 Å². The molecule has 2 aromatic rings. The first kappa shape index (κ1) is 23.2. The van der Waals surface area contributed by atoms with E-state index in [1.54, 1.807) is 18.3 Å². The molecule has 0 saturated heterocycles. The molecule has 25 heavy (non-hydrogen) atoms. The lowest BCUT2D eigenvalue weighted by Gasteiger charge is -2.28. The van der Waals surface area contributed by atoms with Crippen LogP contribution in [0.4, 0.5) is 5.69 Å². The van der Waals surface area contributed by atoms with Gasteiger partial charge in [0, 0.05) is 12.6 Å². The topological polar surface area (TPSA) is 77.2 Å². The number of pyridine rings is 1. The Morgan fingerprint density at radius 2 is 1.76 bits per heavy atom. The number of anilines is 1. The van der Waals surface area contributed by atoms with Gasteiger partial charge in [0.15, 0.2) is 0 Å². The van der Waals surface area contributed by atoms with Crippen LogP contribution in [-0.4, -0.2) is 17.4 Å². The minimum Gasteiger partial charge on any atom is -0.439 e. The van der Waals surface area contributed by atoms with Gasteiger partial charge in [-0.3, -0.25) is 4.79 Å². The number of nitrogens with zero attached hydrogens (tertiary/aromatic N) is 1. The summed E-state index contributed by atoms with van der Waals surface area (Å²) in [5.74, 6) is 1.13. The van der Waals surface area contributed by atoms with E-state index >= 15 is 0 Å².